The van der Waals surface area contributed by atoms with Crippen LogP contribution in [0.5, 0.6) is 0 Å². The van der Waals surface area contributed by atoms with Crippen LogP contribution < -0.4 is 5.32 Å². The molecule has 0 saturated heterocycles. The van der Waals surface area contributed by atoms with Gasteiger partial charge >= 0.3 is 0 Å². The maximum atomic E-state index is 12.1. The highest BCUT2D eigenvalue weighted by Gasteiger charge is 2.15. The molecule has 1 amide bonds. The fourth-order valence-electron chi connectivity index (χ4n) is 2.37. The fraction of sp³-hybridized carbons (Fsp3) is 0.167. The van der Waals surface area contributed by atoms with E-state index in [1.54, 1.807) is 4.57 Å². The molecule has 6 heteroatoms. The van der Waals surface area contributed by atoms with Crippen molar-refractivity contribution >= 4 is 40.3 Å². The van der Waals surface area contributed by atoms with Gasteiger partial charge in [-0.15, -0.1) is 0 Å². The first-order chi connectivity index (χ1) is 11.5. The molecule has 0 saturated carbocycles. The van der Waals surface area contributed by atoms with Crippen molar-refractivity contribution in [3.8, 4) is 0 Å². The number of carbonyl (C=O) groups excluding carboxylic acids is 2. The number of aromatic nitrogens is 2. The summed E-state index contributed by atoms with van der Waals surface area (Å²) >= 11 is 1.25. The lowest BCUT2D eigenvalue weighted by Crippen LogP contribution is -2.15. The molecule has 122 valence electrons. The number of amides is 1. The molecule has 1 aromatic heterocycles. The van der Waals surface area contributed by atoms with Crippen molar-refractivity contribution in [2.75, 3.05) is 11.1 Å². The van der Waals surface area contributed by atoms with Crippen LogP contribution in [0.15, 0.2) is 53.7 Å². The third kappa shape index (κ3) is 3.49. The Bertz CT molecular complexity index is 900. The lowest BCUT2D eigenvalue weighted by molar-refractivity contribution is -0.113. The first-order valence-electron chi connectivity index (χ1n) is 7.52. The Hall–Kier alpha value is -2.60. The van der Waals surface area contributed by atoms with E-state index in [1.165, 1.54) is 18.7 Å². The molecule has 1 heterocycles. The summed E-state index contributed by atoms with van der Waals surface area (Å²) in [4.78, 5) is 28.5. The Balaban J connectivity index is 1.73. The minimum Gasteiger partial charge on any atom is -0.325 e. The van der Waals surface area contributed by atoms with Gasteiger partial charge in [-0.3, -0.25) is 14.2 Å². The molecular formula is C18H17N3O2S. The highest BCUT2D eigenvalue weighted by atomic mass is 32.2. The number of hydrogen-bond donors (Lipinski definition) is 1. The highest BCUT2D eigenvalue weighted by Crippen LogP contribution is 2.24. The molecule has 5 nitrogen and oxygen atoms in total. The third-order valence-corrected chi connectivity index (χ3v) is 4.45. The molecule has 0 atom stereocenters. The first-order valence-corrected chi connectivity index (χ1v) is 8.51. The van der Waals surface area contributed by atoms with Gasteiger partial charge in [0.15, 0.2) is 5.16 Å². The molecule has 0 fully saturated rings. The molecular weight excluding hydrogens is 322 g/mol. The number of imidazole rings is 1. The summed E-state index contributed by atoms with van der Waals surface area (Å²) in [5.74, 6) is -0.0686. The van der Waals surface area contributed by atoms with Crippen LogP contribution in [0.3, 0.4) is 0 Å². The number of nitrogens with one attached hydrogen (secondary N) is 1. The molecule has 0 aliphatic heterocycles. The van der Waals surface area contributed by atoms with Crippen molar-refractivity contribution < 1.29 is 9.59 Å². The van der Waals surface area contributed by atoms with E-state index in [2.05, 4.69) is 10.3 Å². The van der Waals surface area contributed by atoms with Gasteiger partial charge in [-0.1, -0.05) is 41.6 Å². The second-order valence-electron chi connectivity index (χ2n) is 5.44. The normalized spacial score (nSPS) is 10.8. The number of anilines is 1. The van der Waals surface area contributed by atoms with Crippen LogP contribution in [0.25, 0.3) is 11.0 Å². The average molecular weight is 339 g/mol. The van der Waals surface area contributed by atoms with Crippen LogP contribution >= 0.6 is 11.8 Å². The molecule has 2 aromatic carbocycles. The van der Waals surface area contributed by atoms with E-state index in [4.69, 9.17) is 0 Å². The lowest BCUT2D eigenvalue weighted by Gasteiger charge is -2.06. The predicted molar refractivity (Wildman–Crippen MR) is 96.6 cm³/mol. The van der Waals surface area contributed by atoms with Crippen molar-refractivity contribution in [1.82, 2.24) is 9.55 Å². The van der Waals surface area contributed by atoms with E-state index in [1.807, 2.05) is 55.5 Å². The van der Waals surface area contributed by atoms with Gasteiger partial charge in [-0.25, -0.2) is 4.98 Å². The van der Waals surface area contributed by atoms with Crippen LogP contribution in [-0.2, 0) is 4.79 Å². The number of benzene rings is 2. The molecule has 0 aliphatic carbocycles. The number of rotatable bonds is 4. The van der Waals surface area contributed by atoms with Gasteiger partial charge in [-0.05, 0) is 31.2 Å². The lowest BCUT2D eigenvalue weighted by atomic mass is 10.2. The Morgan fingerprint density at radius 2 is 1.83 bits per heavy atom. The minimum absolute atomic E-state index is 0.120. The molecule has 0 radical (unpaired) electrons. The number of thioether (sulfide) groups is 1. The smallest absolute Gasteiger partial charge is 0.234 e. The maximum absolute atomic E-state index is 12.1. The monoisotopic (exact) mass is 339 g/mol. The minimum atomic E-state index is -0.133. The SMILES string of the molecule is CC(=O)n1c(SCC(=O)Nc2ccc(C)cc2)nc2ccccc21. The quantitative estimate of drug-likeness (QED) is 0.736. The van der Waals surface area contributed by atoms with Gasteiger partial charge in [0.1, 0.15) is 0 Å². The standard InChI is InChI=1S/C18H17N3O2S/c1-12-7-9-14(10-8-12)19-17(23)11-24-18-20-15-5-3-4-6-16(15)21(18)13(2)22/h3-10H,11H2,1-2H3,(H,19,23). The van der Waals surface area contributed by atoms with E-state index in [-0.39, 0.29) is 17.6 Å². The number of fused-ring (bicyclic) bond motifs is 1. The van der Waals surface area contributed by atoms with Crippen LogP contribution in [0.1, 0.15) is 17.3 Å². The number of para-hydroxylation sites is 2. The summed E-state index contributed by atoms with van der Waals surface area (Å²) in [5.41, 5.74) is 3.39. The van der Waals surface area contributed by atoms with Crippen molar-refractivity contribution in [1.29, 1.82) is 0 Å². The topological polar surface area (TPSA) is 64.0 Å². The molecule has 1 N–H and O–H groups in total. The van der Waals surface area contributed by atoms with Crippen molar-refractivity contribution in [2.45, 2.75) is 19.0 Å². The molecule has 24 heavy (non-hydrogen) atoms. The number of carbonyl (C=O) groups is 2. The van der Waals surface area contributed by atoms with E-state index in [9.17, 15) is 9.59 Å². The summed E-state index contributed by atoms with van der Waals surface area (Å²) in [6, 6.07) is 15.0. The van der Waals surface area contributed by atoms with E-state index in [0.717, 1.165) is 22.3 Å². The van der Waals surface area contributed by atoms with E-state index < -0.39 is 0 Å². The summed E-state index contributed by atoms with van der Waals surface area (Å²) < 4.78 is 1.54. The van der Waals surface area contributed by atoms with Gasteiger partial charge in [0.25, 0.3) is 0 Å². The van der Waals surface area contributed by atoms with E-state index in [0.29, 0.717) is 5.16 Å². The van der Waals surface area contributed by atoms with E-state index >= 15 is 0 Å². The highest BCUT2D eigenvalue weighted by molar-refractivity contribution is 7.99. The van der Waals surface area contributed by atoms with Gasteiger partial charge in [0, 0.05) is 12.6 Å². The second kappa shape index (κ2) is 6.88. The third-order valence-electron chi connectivity index (χ3n) is 3.51. The Morgan fingerprint density at radius 3 is 2.54 bits per heavy atom. The average Bonchev–Trinajstić information content (AvgIpc) is 2.93. The second-order valence-corrected chi connectivity index (χ2v) is 6.38. The molecule has 0 unspecified atom stereocenters. The number of hydrogen-bond acceptors (Lipinski definition) is 4. The van der Waals surface area contributed by atoms with Crippen molar-refractivity contribution in [3.05, 3.63) is 54.1 Å². The van der Waals surface area contributed by atoms with Gasteiger partial charge < -0.3 is 5.32 Å². The molecule has 3 aromatic rings. The zero-order chi connectivity index (χ0) is 17.1. The van der Waals surface area contributed by atoms with Crippen LogP contribution in [-0.4, -0.2) is 27.1 Å². The van der Waals surface area contributed by atoms with Crippen LogP contribution in [0.2, 0.25) is 0 Å². The molecule has 3 rings (SSSR count). The number of aryl methyl sites for hydroxylation is 1. The van der Waals surface area contributed by atoms with Gasteiger partial charge in [-0.2, -0.15) is 0 Å². The Labute approximate surface area is 144 Å². The zero-order valence-corrected chi connectivity index (χ0v) is 14.3. The summed E-state index contributed by atoms with van der Waals surface area (Å²) in [6.07, 6.45) is 0. The van der Waals surface area contributed by atoms with Crippen LogP contribution in [0, 0.1) is 6.92 Å². The summed E-state index contributed by atoms with van der Waals surface area (Å²) in [6.45, 7) is 3.48. The Morgan fingerprint density at radius 1 is 1.12 bits per heavy atom. The number of nitrogens with zero attached hydrogens (tertiary/aromatic N) is 2. The van der Waals surface area contributed by atoms with Crippen molar-refractivity contribution in [3.63, 3.8) is 0 Å². The molecule has 0 aliphatic rings. The summed E-state index contributed by atoms with van der Waals surface area (Å²) in [5, 5.41) is 3.37. The maximum Gasteiger partial charge on any atom is 0.234 e. The fourth-order valence-corrected chi connectivity index (χ4v) is 3.22. The van der Waals surface area contributed by atoms with Gasteiger partial charge in [0.05, 0.1) is 16.8 Å². The van der Waals surface area contributed by atoms with Crippen LogP contribution in [0.4, 0.5) is 5.69 Å². The Kier molecular flexibility index (Phi) is 4.66. The molecule has 0 spiro atoms. The molecule has 0 bridgehead atoms. The van der Waals surface area contributed by atoms with Gasteiger partial charge in [0.2, 0.25) is 11.8 Å². The zero-order valence-electron chi connectivity index (χ0n) is 13.4. The van der Waals surface area contributed by atoms with Crippen molar-refractivity contribution in [2.24, 2.45) is 0 Å². The first kappa shape index (κ1) is 16.3. The predicted octanol–water partition coefficient (Wildman–Crippen LogP) is 3.74. The largest absolute Gasteiger partial charge is 0.325 e. The summed E-state index contributed by atoms with van der Waals surface area (Å²) in [7, 11) is 0.